The molecule has 3 N–H and O–H groups in total. The number of rotatable bonds is 2. The van der Waals surface area contributed by atoms with Gasteiger partial charge in [-0.05, 0) is 6.42 Å². The Morgan fingerprint density at radius 2 is 2.35 bits per heavy atom. The Morgan fingerprint density at radius 1 is 1.65 bits per heavy atom. The van der Waals surface area contributed by atoms with Crippen molar-refractivity contribution in [2.45, 2.75) is 32.9 Å². The van der Waals surface area contributed by atoms with Crippen LogP contribution in [0.5, 0.6) is 0 Å². The number of halogens is 1. The van der Waals surface area contributed by atoms with E-state index in [1.165, 1.54) is 4.88 Å². The van der Waals surface area contributed by atoms with Crippen LogP contribution in [0, 0.1) is 5.41 Å². The quantitative estimate of drug-likeness (QED) is 0.864. The molecule has 0 aliphatic carbocycles. The molecule has 1 saturated heterocycles. The fraction of sp³-hybridized carbons (Fsp3) is 0.727. The number of aliphatic hydroxyl groups excluding tert-OH is 1. The summed E-state index contributed by atoms with van der Waals surface area (Å²) in [6.45, 7) is 7.00. The second-order valence-electron chi connectivity index (χ2n) is 5.17. The second kappa shape index (κ2) is 5.52. The average Bonchev–Trinajstić information content (AvgIpc) is 2.57. The maximum absolute atomic E-state index is 9.87. The number of hydrogen-bond acceptors (Lipinski definition) is 5. The summed E-state index contributed by atoms with van der Waals surface area (Å²) in [4.78, 5) is 7.61. The Bertz CT molecular complexity index is 369. The van der Waals surface area contributed by atoms with Crippen LogP contribution in [0.3, 0.4) is 0 Å². The van der Waals surface area contributed by atoms with Crippen molar-refractivity contribution in [3.8, 4) is 0 Å². The van der Waals surface area contributed by atoms with Gasteiger partial charge in [0.2, 0.25) is 0 Å². The zero-order valence-corrected chi connectivity index (χ0v) is 11.9. The van der Waals surface area contributed by atoms with Crippen LogP contribution in [0.15, 0.2) is 6.20 Å². The smallest absolute Gasteiger partial charge is 0.180 e. The molecule has 0 saturated carbocycles. The van der Waals surface area contributed by atoms with Crippen LogP contribution in [-0.2, 0) is 6.54 Å². The molecule has 1 aliphatic rings. The van der Waals surface area contributed by atoms with E-state index in [0.29, 0.717) is 5.13 Å². The molecule has 1 aliphatic heterocycles. The molecule has 0 radical (unpaired) electrons. The van der Waals surface area contributed by atoms with Crippen molar-refractivity contribution in [3.63, 3.8) is 0 Å². The van der Waals surface area contributed by atoms with Crippen molar-refractivity contribution in [2.24, 2.45) is 5.41 Å². The maximum atomic E-state index is 9.87. The van der Waals surface area contributed by atoms with E-state index in [1.54, 1.807) is 11.3 Å². The van der Waals surface area contributed by atoms with Gasteiger partial charge in [-0.3, -0.25) is 4.90 Å². The van der Waals surface area contributed by atoms with Crippen molar-refractivity contribution < 1.29 is 5.11 Å². The summed E-state index contributed by atoms with van der Waals surface area (Å²) in [6.07, 6.45) is 2.51. The number of likely N-dealkylation sites (tertiary alicyclic amines) is 1. The Kier molecular flexibility index (Phi) is 4.77. The molecule has 0 amide bonds. The third-order valence-electron chi connectivity index (χ3n) is 3.20. The molecule has 4 nitrogen and oxygen atoms in total. The highest BCUT2D eigenvalue weighted by atomic mass is 35.5. The van der Waals surface area contributed by atoms with Crippen molar-refractivity contribution in [1.29, 1.82) is 0 Å². The molecule has 2 rings (SSSR count). The van der Waals surface area contributed by atoms with Gasteiger partial charge < -0.3 is 10.8 Å². The topological polar surface area (TPSA) is 62.4 Å². The molecule has 1 unspecified atom stereocenters. The number of aromatic nitrogens is 1. The van der Waals surface area contributed by atoms with Gasteiger partial charge in [-0.1, -0.05) is 13.8 Å². The number of nitrogens with two attached hydrogens (primary N) is 1. The summed E-state index contributed by atoms with van der Waals surface area (Å²) in [5, 5.41) is 10.5. The van der Waals surface area contributed by atoms with Gasteiger partial charge in [0.1, 0.15) is 0 Å². The molecule has 98 valence electrons. The van der Waals surface area contributed by atoms with Gasteiger partial charge in [-0.15, -0.1) is 23.7 Å². The van der Waals surface area contributed by atoms with Gasteiger partial charge in [0.15, 0.2) is 5.13 Å². The van der Waals surface area contributed by atoms with Crippen LogP contribution in [0.1, 0.15) is 25.1 Å². The van der Waals surface area contributed by atoms with Crippen molar-refractivity contribution in [1.82, 2.24) is 9.88 Å². The van der Waals surface area contributed by atoms with Crippen LogP contribution in [0.2, 0.25) is 0 Å². The Balaban J connectivity index is 0.00000144. The fourth-order valence-electron chi connectivity index (χ4n) is 2.21. The number of thiazole rings is 1. The predicted molar refractivity (Wildman–Crippen MR) is 73.5 cm³/mol. The fourth-order valence-corrected chi connectivity index (χ4v) is 2.93. The first-order chi connectivity index (χ1) is 7.47. The van der Waals surface area contributed by atoms with Gasteiger partial charge >= 0.3 is 0 Å². The van der Waals surface area contributed by atoms with Gasteiger partial charge in [-0.2, -0.15) is 0 Å². The van der Waals surface area contributed by atoms with E-state index < -0.39 is 0 Å². The summed E-state index contributed by atoms with van der Waals surface area (Å²) in [6, 6.07) is 0. The maximum Gasteiger partial charge on any atom is 0.180 e. The predicted octanol–water partition coefficient (Wildman–Crippen LogP) is 1.74. The summed E-state index contributed by atoms with van der Waals surface area (Å²) in [5.74, 6) is 0. The molecule has 1 aromatic rings. The van der Waals surface area contributed by atoms with Crippen LogP contribution in [0.4, 0.5) is 5.13 Å². The molecule has 0 aromatic carbocycles. The molecular weight excluding hydrogens is 258 g/mol. The molecule has 0 bridgehead atoms. The largest absolute Gasteiger partial charge is 0.392 e. The van der Waals surface area contributed by atoms with E-state index >= 15 is 0 Å². The normalized spacial score (nSPS) is 24.3. The third kappa shape index (κ3) is 3.55. The Hall–Kier alpha value is -0.360. The van der Waals surface area contributed by atoms with Crippen molar-refractivity contribution >= 4 is 28.9 Å². The molecule has 1 aromatic heterocycles. The van der Waals surface area contributed by atoms with Crippen LogP contribution >= 0.6 is 23.7 Å². The number of anilines is 1. The van der Waals surface area contributed by atoms with E-state index in [1.807, 2.05) is 6.20 Å². The van der Waals surface area contributed by atoms with Gasteiger partial charge in [-0.25, -0.2) is 4.98 Å². The molecular formula is C11H20ClN3OS. The SMILES string of the molecule is CC1(C)CN(Cc2cnc(N)s2)CCC1O.Cl. The zero-order valence-electron chi connectivity index (χ0n) is 10.2. The minimum Gasteiger partial charge on any atom is -0.392 e. The molecule has 1 atom stereocenters. The van der Waals surface area contributed by atoms with E-state index in [0.717, 1.165) is 26.1 Å². The van der Waals surface area contributed by atoms with Gasteiger partial charge in [0.05, 0.1) is 6.10 Å². The Labute approximate surface area is 112 Å². The summed E-state index contributed by atoms with van der Waals surface area (Å²) in [5.41, 5.74) is 5.59. The lowest BCUT2D eigenvalue weighted by atomic mass is 9.81. The lowest BCUT2D eigenvalue weighted by Crippen LogP contribution is -2.48. The lowest BCUT2D eigenvalue weighted by molar-refractivity contribution is -0.0267. The molecule has 2 heterocycles. The highest BCUT2D eigenvalue weighted by Crippen LogP contribution is 2.30. The van der Waals surface area contributed by atoms with Crippen molar-refractivity contribution in [2.75, 3.05) is 18.8 Å². The number of nitrogen functional groups attached to an aromatic ring is 1. The number of piperidine rings is 1. The molecule has 6 heteroatoms. The monoisotopic (exact) mass is 277 g/mol. The summed E-state index contributed by atoms with van der Waals surface area (Å²) < 4.78 is 0. The Morgan fingerprint density at radius 3 is 2.88 bits per heavy atom. The number of hydrogen-bond donors (Lipinski definition) is 2. The average molecular weight is 278 g/mol. The van der Waals surface area contributed by atoms with Gasteiger partial charge in [0, 0.05) is 36.1 Å². The molecule has 1 fully saturated rings. The van der Waals surface area contributed by atoms with E-state index in [-0.39, 0.29) is 23.9 Å². The van der Waals surface area contributed by atoms with E-state index in [2.05, 4.69) is 23.7 Å². The minimum atomic E-state index is -0.185. The first kappa shape index (κ1) is 14.7. The lowest BCUT2D eigenvalue weighted by Gasteiger charge is -2.41. The first-order valence-electron chi connectivity index (χ1n) is 5.58. The standard InChI is InChI=1S/C11H19N3OS.ClH/c1-11(2)7-14(4-3-9(11)15)6-8-5-13-10(12)16-8;/h5,9,15H,3-4,6-7H2,1-2H3,(H2,12,13);1H. The third-order valence-corrected chi connectivity index (χ3v) is 4.01. The summed E-state index contributed by atoms with van der Waals surface area (Å²) in [7, 11) is 0. The first-order valence-corrected chi connectivity index (χ1v) is 6.39. The van der Waals surface area contributed by atoms with E-state index in [9.17, 15) is 5.11 Å². The van der Waals surface area contributed by atoms with Crippen LogP contribution < -0.4 is 5.73 Å². The molecule has 17 heavy (non-hydrogen) atoms. The number of aliphatic hydroxyl groups is 1. The highest BCUT2D eigenvalue weighted by molar-refractivity contribution is 7.15. The summed E-state index contributed by atoms with van der Waals surface area (Å²) >= 11 is 1.54. The minimum absolute atomic E-state index is 0. The zero-order chi connectivity index (χ0) is 11.8. The number of nitrogens with zero attached hydrogens (tertiary/aromatic N) is 2. The van der Waals surface area contributed by atoms with Gasteiger partial charge in [0.25, 0.3) is 0 Å². The molecule has 0 spiro atoms. The van der Waals surface area contributed by atoms with Crippen molar-refractivity contribution in [3.05, 3.63) is 11.1 Å². The van der Waals surface area contributed by atoms with Crippen LogP contribution in [-0.4, -0.2) is 34.2 Å². The van der Waals surface area contributed by atoms with E-state index in [4.69, 9.17) is 5.73 Å². The van der Waals surface area contributed by atoms with Crippen LogP contribution in [0.25, 0.3) is 0 Å². The highest BCUT2D eigenvalue weighted by Gasteiger charge is 2.34. The second-order valence-corrected chi connectivity index (χ2v) is 6.32.